The number of nitrogens with one attached hydrogen (secondary N) is 1. The Morgan fingerprint density at radius 3 is 2.79 bits per heavy atom. The third-order valence-corrected chi connectivity index (χ3v) is 5.45. The first kappa shape index (κ1) is 18.6. The molecule has 1 aromatic heterocycles. The molecule has 0 saturated carbocycles. The third kappa shape index (κ3) is 4.04. The van der Waals surface area contributed by atoms with Crippen LogP contribution in [0.25, 0.3) is 0 Å². The van der Waals surface area contributed by atoms with Crippen LogP contribution in [0.15, 0.2) is 48.8 Å². The first-order valence-electron chi connectivity index (χ1n) is 9.50. The summed E-state index contributed by atoms with van der Waals surface area (Å²) in [5.41, 5.74) is 1.01. The molecule has 0 bridgehead atoms. The van der Waals surface area contributed by atoms with E-state index in [9.17, 15) is 14.0 Å². The highest BCUT2D eigenvalue weighted by Crippen LogP contribution is 2.27. The largest absolute Gasteiger partial charge is 0.347 e. The fourth-order valence-electron chi connectivity index (χ4n) is 4.15. The van der Waals surface area contributed by atoms with Crippen LogP contribution in [0.2, 0.25) is 0 Å². The van der Waals surface area contributed by atoms with Crippen molar-refractivity contribution in [1.29, 1.82) is 0 Å². The van der Waals surface area contributed by atoms with Gasteiger partial charge in [0.2, 0.25) is 5.91 Å². The molecular weight excluding hydrogens is 359 g/mol. The lowest BCUT2D eigenvalue weighted by molar-refractivity contribution is -0.122. The van der Waals surface area contributed by atoms with E-state index >= 15 is 0 Å². The fourth-order valence-corrected chi connectivity index (χ4v) is 4.15. The van der Waals surface area contributed by atoms with E-state index in [2.05, 4.69) is 15.2 Å². The minimum absolute atomic E-state index is 0.0000441. The van der Waals surface area contributed by atoms with Crippen molar-refractivity contribution in [2.45, 2.75) is 24.9 Å². The normalized spacial score (nSPS) is 22.9. The summed E-state index contributed by atoms with van der Waals surface area (Å²) in [5.74, 6) is -0.305. The molecule has 146 valence electrons. The van der Waals surface area contributed by atoms with Crippen LogP contribution < -0.4 is 5.32 Å². The Kier molecular flexibility index (Phi) is 5.09. The van der Waals surface area contributed by atoms with Gasteiger partial charge in [-0.25, -0.2) is 4.39 Å². The molecule has 2 fully saturated rings. The van der Waals surface area contributed by atoms with Gasteiger partial charge in [0.25, 0.3) is 5.91 Å². The van der Waals surface area contributed by atoms with Crippen LogP contribution in [0.1, 0.15) is 28.8 Å². The Hall–Kier alpha value is -2.80. The highest BCUT2D eigenvalue weighted by Gasteiger charge is 2.43. The van der Waals surface area contributed by atoms with Crippen molar-refractivity contribution in [3.05, 3.63) is 65.7 Å². The molecule has 6 nitrogen and oxygen atoms in total. The summed E-state index contributed by atoms with van der Waals surface area (Å²) in [4.78, 5) is 33.0. The van der Waals surface area contributed by atoms with Gasteiger partial charge < -0.3 is 10.2 Å². The molecule has 2 aromatic rings. The number of aromatic nitrogens is 1. The lowest BCUT2D eigenvalue weighted by atomic mass is 9.97. The molecule has 3 heterocycles. The molecular formula is C21H23FN4O2. The first-order chi connectivity index (χ1) is 13.5. The standard InChI is InChI=1S/C21H23FN4O2/c22-18-3-1-2-16(12-18)13-25-10-6-19(27)24-21(14-25)7-11-26(15-21)20(28)17-4-8-23-9-5-17/h1-5,8-9,12H,6-7,10-11,13-15H2,(H,24,27). The van der Waals surface area contributed by atoms with E-state index in [1.807, 2.05) is 6.07 Å². The van der Waals surface area contributed by atoms with Gasteiger partial charge in [-0.2, -0.15) is 0 Å². The van der Waals surface area contributed by atoms with Gasteiger partial charge in [-0.05, 0) is 36.2 Å². The molecule has 2 amide bonds. The van der Waals surface area contributed by atoms with Crippen LogP contribution in [0.5, 0.6) is 0 Å². The molecule has 2 aliphatic rings. The van der Waals surface area contributed by atoms with Gasteiger partial charge in [-0.15, -0.1) is 0 Å². The number of likely N-dealkylation sites (tertiary alicyclic amines) is 1. The van der Waals surface area contributed by atoms with Crippen molar-refractivity contribution >= 4 is 11.8 Å². The van der Waals surface area contributed by atoms with Crippen molar-refractivity contribution in [2.75, 3.05) is 26.2 Å². The molecule has 1 N–H and O–H groups in total. The summed E-state index contributed by atoms with van der Waals surface area (Å²) in [7, 11) is 0. The molecule has 1 unspecified atom stereocenters. The minimum atomic E-state index is -0.469. The van der Waals surface area contributed by atoms with E-state index in [0.717, 1.165) is 5.56 Å². The van der Waals surface area contributed by atoms with E-state index < -0.39 is 5.54 Å². The van der Waals surface area contributed by atoms with Crippen molar-refractivity contribution in [3.63, 3.8) is 0 Å². The second kappa shape index (κ2) is 7.67. The smallest absolute Gasteiger partial charge is 0.254 e. The number of rotatable bonds is 3. The second-order valence-corrected chi connectivity index (χ2v) is 7.63. The van der Waals surface area contributed by atoms with E-state index in [1.54, 1.807) is 35.5 Å². The minimum Gasteiger partial charge on any atom is -0.347 e. The van der Waals surface area contributed by atoms with Crippen LogP contribution in [0.4, 0.5) is 4.39 Å². The highest BCUT2D eigenvalue weighted by atomic mass is 19.1. The lowest BCUT2D eigenvalue weighted by Crippen LogP contribution is -2.55. The molecule has 1 atom stereocenters. The average molecular weight is 382 g/mol. The van der Waals surface area contributed by atoms with E-state index in [0.29, 0.717) is 51.1 Å². The molecule has 1 aromatic carbocycles. The van der Waals surface area contributed by atoms with Crippen molar-refractivity contribution < 1.29 is 14.0 Å². The van der Waals surface area contributed by atoms with Gasteiger partial charge in [0.15, 0.2) is 0 Å². The highest BCUT2D eigenvalue weighted by molar-refractivity contribution is 5.94. The maximum Gasteiger partial charge on any atom is 0.254 e. The van der Waals surface area contributed by atoms with Crippen LogP contribution in [-0.4, -0.2) is 58.3 Å². The van der Waals surface area contributed by atoms with Crippen LogP contribution >= 0.6 is 0 Å². The van der Waals surface area contributed by atoms with Crippen LogP contribution in [0.3, 0.4) is 0 Å². The summed E-state index contributed by atoms with van der Waals surface area (Å²) >= 11 is 0. The summed E-state index contributed by atoms with van der Waals surface area (Å²) in [5, 5.41) is 3.16. The first-order valence-corrected chi connectivity index (χ1v) is 9.50. The van der Waals surface area contributed by atoms with Gasteiger partial charge in [0.1, 0.15) is 5.82 Å². The predicted molar refractivity (Wildman–Crippen MR) is 102 cm³/mol. The molecule has 7 heteroatoms. The zero-order valence-corrected chi connectivity index (χ0v) is 15.6. The van der Waals surface area contributed by atoms with Gasteiger partial charge in [-0.1, -0.05) is 12.1 Å². The summed E-state index contributed by atoms with van der Waals surface area (Å²) in [6.07, 6.45) is 4.31. The SMILES string of the molecule is O=C1CCN(Cc2cccc(F)c2)CC2(CCN(C(=O)c3ccncc3)C2)N1. The maximum absolute atomic E-state index is 13.5. The van der Waals surface area contributed by atoms with Gasteiger partial charge in [-0.3, -0.25) is 19.5 Å². The zero-order chi connectivity index (χ0) is 19.6. The Labute approximate surface area is 163 Å². The Balaban J connectivity index is 1.49. The van der Waals surface area contributed by atoms with Crippen LogP contribution in [0, 0.1) is 5.82 Å². The number of nitrogens with zero attached hydrogens (tertiary/aromatic N) is 3. The van der Waals surface area contributed by atoms with Gasteiger partial charge >= 0.3 is 0 Å². The predicted octanol–water partition coefficient (Wildman–Crippen LogP) is 1.83. The molecule has 1 spiro atoms. The van der Waals surface area contributed by atoms with E-state index in [-0.39, 0.29) is 17.6 Å². The molecule has 0 aliphatic carbocycles. The van der Waals surface area contributed by atoms with Gasteiger partial charge in [0, 0.05) is 57.1 Å². The van der Waals surface area contributed by atoms with Crippen molar-refractivity contribution in [1.82, 2.24) is 20.1 Å². The van der Waals surface area contributed by atoms with E-state index in [4.69, 9.17) is 0 Å². The number of halogens is 1. The number of hydrogen-bond donors (Lipinski definition) is 1. The summed E-state index contributed by atoms with van der Waals surface area (Å²) < 4.78 is 13.5. The zero-order valence-electron chi connectivity index (χ0n) is 15.6. The lowest BCUT2D eigenvalue weighted by Gasteiger charge is -2.33. The van der Waals surface area contributed by atoms with Crippen molar-refractivity contribution in [3.8, 4) is 0 Å². The monoisotopic (exact) mass is 382 g/mol. The number of carbonyl (C=O) groups is 2. The molecule has 4 rings (SSSR count). The quantitative estimate of drug-likeness (QED) is 0.880. The number of benzene rings is 1. The number of carbonyl (C=O) groups excluding carboxylic acids is 2. The summed E-state index contributed by atoms with van der Waals surface area (Å²) in [6.45, 7) is 2.89. The van der Waals surface area contributed by atoms with Gasteiger partial charge in [0.05, 0.1) is 5.54 Å². The number of amides is 2. The number of pyridine rings is 1. The average Bonchev–Trinajstić information content (AvgIpc) is 3.02. The molecule has 28 heavy (non-hydrogen) atoms. The third-order valence-electron chi connectivity index (χ3n) is 5.45. The Bertz CT molecular complexity index is 876. The Morgan fingerprint density at radius 1 is 1.18 bits per heavy atom. The van der Waals surface area contributed by atoms with Crippen molar-refractivity contribution in [2.24, 2.45) is 0 Å². The second-order valence-electron chi connectivity index (χ2n) is 7.63. The number of hydrogen-bond acceptors (Lipinski definition) is 4. The topological polar surface area (TPSA) is 65.5 Å². The summed E-state index contributed by atoms with van der Waals surface area (Å²) in [6, 6.07) is 9.96. The molecule has 0 radical (unpaired) electrons. The maximum atomic E-state index is 13.5. The Morgan fingerprint density at radius 2 is 2.00 bits per heavy atom. The molecule has 2 aliphatic heterocycles. The van der Waals surface area contributed by atoms with Crippen LogP contribution in [-0.2, 0) is 11.3 Å². The fraction of sp³-hybridized carbons (Fsp3) is 0.381. The van der Waals surface area contributed by atoms with E-state index in [1.165, 1.54) is 12.1 Å². The molecule has 2 saturated heterocycles.